The van der Waals surface area contributed by atoms with Gasteiger partial charge in [-0.15, -0.1) is 0 Å². The van der Waals surface area contributed by atoms with E-state index in [1.807, 2.05) is 37.5 Å². The molecular formula is C13H12ClN5. The van der Waals surface area contributed by atoms with Crippen molar-refractivity contribution in [2.24, 2.45) is 7.05 Å². The summed E-state index contributed by atoms with van der Waals surface area (Å²) < 4.78 is 1.73. The van der Waals surface area contributed by atoms with Crippen molar-refractivity contribution in [1.82, 2.24) is 20.0 Å². The normalized spacial score (nSPS) is 10.8. The summed E-state index contributed by atoms with van der Waals surface area (Å²) in [6.45, 7) is 0. The molecule has 0 radical (unpaired) electrons. The van der Waals surface area contributed by atoms with Gasteiger partial charge in [-0.25, -0.2) is 0 Å². The Bertz CT molecular complexity index is 728. The van der Waals surface area contributed by atoms with Crippen LogP contribution in [0.15, 0.2) is 36.7 Å². The first kappa shape index (κ1) is 11.8. The van der Waals surface area contributed by atoms with Crippen LogP contribution in [-0.4, -0.2) is 20.0 Å². The number of aromatic amines is 1. The quantitative estimate of drug-likeness (QED) is 0.754. The van der Waals surface area contributed by atoms with Gasteiger partial charge in [0.05, 0.1) is 17.5 Å². The van der Waals surface area contributed by atoms with Gasteiger partial charge in [0, 0.05) is 23.8 Å². The van der Waals surface area contributed by atoms with E-state index in [-0.39, 0.29) is 0 Å². The van der Waals surface area contributed by atoms with Crippen molar-refractivity contribution in [2.45, 2.75) is 0 Å². The molecule has 2 aromatic heterocycles. The molecule has 3 N–H and O–H groups in total. The highest BCUT2D eigenvalue weighted by Crippen LogP contribution is 2.35. The molecule has 19 heavy (non-hydrogen) atoms. The van der Waals surface area contributed by atoms with Gasteiger partial charge in [0.15, 0.2) is 5.82 Å². The SMILES string of the molecule is Cn1cc(-c2[nH]nc(N)c2-c2cccc(Cl)c2)cn1. The van der Waals surface area contributed by atoms with Crippen molar-refractivity contribution in [2.75, 3.05) is 5.73 Å². The zero-order chi connectivity index (χ0) is 13.4. The van der Waals surface area contributed by atoms with Crippen molar-refractivity contribution in [1.29, 1.82) is 0 Å². The van der Waals surface area contributed by atoms with E-state index in [2.05, 4.69) is 15.3 Å². The first-order valence-corrected chi connectivity index (χ1v) is 6.12. The van der Waals surface area contributed by atoms with Gasteiger partial charge in [0.1, 0.15) is 0 Å². The molecule has 96 valence electrons. The number of nitrogens with zero attached hydrogens (tertiary/aromatic N) is 3. The van der Waals surface area contributed by atoms with E-state index in [1.54, 1.807) is 10.9 Å². The topological polar surface area (TPSA) is 72.5 Å². The molecular weight excluding hydrogens is 262 g/mol. The molecule has 2 heterocycles. The highest BCUT2D eigenvalue weighted by Gasteiger charge is 2.15. The average molecular weight is 274 g/mol. The molecule has 6 heteroatoms. The van der Waals surface area contributed by atoms with Gasteiger partial charge in [-0.05, 0) is 17.7 Å². The lowest BCUT2D eigenvalue weighted by Gasteiger charge is -2.03. The molecule has 0 aliphatic carbocycles. The third-order valence-corrected chi connectivity index (χ3v) is 3.14. The van der Waals surface area contributed by atoms with E-state index < -0.39 is 0 Å². The van der Waals surface area contributed by atoms with E-state index in [0.717, 1.165) is 22.4 Å². The molecule has 0 saturated heterocycles. The predicted molar refractivity (Wildman–Crippen MR) is 75.6 cm³/mol. The lowest BCUT2D eigenvalue weighted by molar-refractivity contribution is 0.768. The zero-order valence-corrected chi connectivity index (χ0v) is 11.0. The Morgan fingerprint density at radius 3 is 2.84 bits per heavy atom. The number of aryl methyl sites for hydroxylation is 1. The number of hydrogen-bond acceptors (Lipinski definition) is 3. The lowest BCUT2D eigenvalue weighted by atomic mass is 10.0. The maximum Gasteiger partial charge on any atom is 0.153 e. The van der Waals surface area contributed by atoms with Crippen molar-refractivity contribution >= 4 is 17.4 Å². The third-order valence-electron chi connectivity index (χ3n) is 2.90. The summed E-state index contributed by atoms with van der Waals surface area (Å²) in [4.78, 5) is 0. The summed E-state index contributed by atoms with van der Waals surface area (Å²) in [5.74, 6) is 0.445. The summed E-state index contributed by atoms with van der Waals surface area (Å²) in [5.41, 5.74) is 9.50. The summed E-state index contributed by atoms with van der Waals surface area (Å²) in [5, 5.41) is 11.8. The molecule has 3 rings (SSSR count). The van der Waals surface area contributed by atoms with Gasteiger partial charge in [0.25, 0.3) is 0 Å². The van der Waals surface area contributed by atoms with Crippen LogP contribution in [-0.2, 0) is 7.05 Å². The first-order chi connectivity index (χ1) is 9.15. The number of nitrogen functional groups attached to an aromatic ring is 1. The molecule has 1 aromatic carbocycles. The molecule has 0 unspecified atom stereocenters. The Labute approximate surface area is 115 Å². The van der Waals surface area contributed by atoms with Gasteiger partial charge in [-0.1, -0.05) is 23.7 Å². The minimum atomic E-state index is 0.445. The van der Waals surface area contributed by atoms with Gasteiger partial charge >= 0.3 is 0 Å². The summed E-state index contributed by atoms with van der Waals surface area (Å²) in [7, 11) is 1.86. The minimum Gasteiger partial charge on any atom is -0.382 e. The number of nitrogens with two attached hydrogens (primary N) is 1. The number of aromatic nitrogens is 4. The molecule has 3 aromatic rings. The van der Waals surface area contributed by atoms with Gasteiger partial charge in [-0.3, -0.25) is 9.78 Å². The number of rotatable bonds is 2. The molecule has 0 aliphatic rings. The van der Waals surface area contributed by atoms with Crippen LogP contribution >= 0.6 is 11.6 Å². The lowest BCUT2D eigenvalue weighted by Crippen LogP contribution is -1.88. The molecule has 0 aliphatic heterocycles. The van der Waals surface area contributed by atoms with Gasteiger partial charge < -0.3 is 5.73 Å². The number of nitrogens with one attached hydrogen (secondary N) is 1. The second-order valence-electron chi connectivity index (χ2n) is 4.27. The summed E-state index contributed by atoms with van der Waals surface area (Å²) >= 11 is 6.03. The fraction of sp³-hybridized carbons (Fsp3) is 0.0769. The van der Waals surface area contributed by atoms with E-state index in [1.165, 1.54) is 0 Å². The fourth-order valence-corrected chi connectivity index (χ4v) is 2.24. The van der Waals surface area contributed by atoms with Crippen molar-refractivity contribution in [3.8, 4) is 22.4 Å². The van der Waals surface area contributed by atoms with E-state index in [0.29, 0.717) is 10.8 Å². The molecule has 0 fully saturated rings. The van der Waals surface area contributed by atoms with Crippen molar-refractivity contribution in [3.63, 3.8) is 0 Å². The van der Waals surface area contributed by atoms with Crippen molar-refractivity contribution < 1.29 is 0 Å². The maximum absolute atomic E-state index is 6.03. The van der Waals surface area contributed by atoms with E-state index in [9.17, 15) is 0 Å². The van der Waals surface area contributed by atoms with Crippen LogP contribution in [0, 0.1) is 0 Å². The number of benzene rings is 1. The van der Waals surface area contributed by atoms with Crippen LogP contribution in [0.4, 0.5) is 5.82 Å². The Morgan fingerprint density at radius 1 is 1.32 bits per heavy atom. The minimum absolute atomic E-state index is 0.445. The van der Waals surface area contributed by atoms with Crippen LogP contribution in [0.2, 0.25) is 5.02 Å². The average Bonchev–Trinajstić information content (AvgIpc) is 2.95. The summed E-state index contributed by atoms with van der Waals surface area (Å²) in [6, 6.07) is 7.53. The summed E-state index contributed by atoms with van der Waals surface area (Å²) in [6.07, 6.45) is 3.67. The molecule has 0 bridgehead atoms. The van der Waals surface area contributed by atoms with Gasteiger partial charge in [-0.2, -0.15) is 10.2 Å². The zero-order valence-electron chi connectivity index (χ0n) is 10.3. The monoisotopic (exact) mass is 273 g/mol. The Kier molecular flexibility index (Phi) is 2.76. The Balaban J connectivity index is 2.19. The first-order valence-electron chi connectivity index (χ1n) is 5.74. The van der Waals surface area contributed by atoms with Crippen LogP contribution < -0.4 is 5.73 Å². The van der Waals surface area contributed by atoms with Crippen LogP contribution in [0.5, 0.6) is 0 Å². The largest absolute Gasteiger partial charge is 0.382 e. The fourth-order valence-electron chi connectivity index (χ4n) is 2.05. The molecule has 0 saturated carbocycles. The second kappa shape index (κ2) is 4.44. The number of H-pyrrole nitrogens is 1. The Hall–Kier alpha value is -2.27. The molecule has 0 spiro atoms. The second-order valence-corrected chi connectivity index (χ2v) is 4.71. The van der Waals surface area contributed by atoms with Crippen LogP contribution in [0.25, 0.3) is 22.4 Å². The molecule has 0 amide bonds. The predicted octanol–water partition coefficient (Wildman–Crippen LogP) is 2.71. The van der Waals surface area contributed by atoms with Crippen molar-refractivity contribution in [3.05, 3.63) is 41.7 Å². The maximum atomic E-state index is 6.03. The van der Waals surface area contributed by atoms with E-state index in [4.69, 9.17) is 17.3 Å². The third kappa shape index (κ3) is 2.08. The van der Waals surface area contributed by atoms with Gasteiger partial charge in [0.2, 0.25) is 0 Å². The smallest absolute Gasteiger partial charge is 0.153 e. The highest BCUT2D eigenvalue weighted by atomic mass is 35.5. The highest BCUT2D eigenvalue weighted by molar-refractivity contribution is 6.30. The Morgan fingerprint density at radius 2 is 2.16 bits per heavy atom. The molecule has 0 atom stereocenters. The number of anilines is 1. The van der Waals surface area contributed by atoms with Crippen LogP contribution in [0.1, 0.15) is 0 Å². The number of hydrogen-bond donors (Lipinski definition) is 2. The van der Waals surface area contributed by atoms with E-state index >= 15 is 0 Å². The standard InChI is InChI=1S/C13H12ClN5/c1-19-7-9(6-16-19)12-11(13(15)18-17-12)8-3-2-4-10(14)5-8/h2-7H,1H3,(H3,15,17,18). The molecule has 5 nitrogen and oxygen atoms in total. The number of halogens is 1. The van der Waals surface area contributed by atoms with Crippen LogP contribution in [0.3, 0.4) is 0 Å².